The SMILES string of the molecule is CC1(C#N)CCN(C(I)c2ccccc2)CC1O. The van der Waals surface area contributed by atoms with E-state index >= 15 is 0 Å². The molecule has 0 amide bonds. The number of nitriles is 1. The van der Waals surface area contributed by atoms with E-state index in [0.29, 0.717) is 6.54 Å². The summed E-state index contributed by atoms with van der Waals surface area (Å²) in [6, 6.07) is 12.5. The number of nitrogens with zero attached hydrogens (tertiary/aromatic N) is 2. The van der Waals surface area contributed by atoms with Gasteiger partial charge in [0.2, 0.25) is 0 Å². The van der Waals surface area contributed by atoms with Crippen molar-refractivity contribution in [3.63, 3.8) is 0 Å². The highest BCUT2D eigenvalue weighted by Gasteiger charge is 2.40. The quantitative estimate of drug-likeness (QED) is 0.504. The van der Waals surface area contributed by atoms with Crippen LogP contribution in [0.1, 0.15) is 23.0 Å². The summed E-state index contributed by atoms with van der Waals surface area (Å²) < 4.78 is 0.252. The van der Waals surface area contributed by atoms with Gasteiger partial charge in [0.25, 0.3) is 0 Å². The number of aliphatic hydroxyl groups excluding tert-OH is 1. The number of hydrogen-bond acceptors (Lipinski definition) is 3. The molecule has 1 heterocycles. The molecule has 3 unspecified atom stereocenters. The van der Waals surface area contributed by atoms with Gasteiger partial charge in [0, 0.05) is 13.1 Å². The van der Waals surface area contributed by atoms with E-state index in [1.165, 1.54) is 5.56 Å². The molecule has 0 saturated carbocycles. The lowest BCUT2D eigenvalue weighted by molar-refractivity contribution is -0.00746. The van der Waals surface area contributed by atoms with E-state index in [1.54, 1.807) is 0 Å². The number of aliphatic hydroxyl groups is 1. The third-order valence-corrected chi connectivity index (χ3v) is 5.22. The third-order valence-electron chi connectivity index (χ3n) is 3.71. The van der Waals surface area contributed by atoms with E-state index in [1.807, 2.05) is 25.1 Å². The average molecular weight is 356 g/mol. The normalized spacial score (nSPS) is 30.7. The second-order valence-electron chi connectivity index (χ2n) is 5.04. The monoisotopic (exact) mass is 356 g/mol. The van der Waals surface area contributed by atoms with Crippen LogP contribution in [0.25, 0.3) is 0 Å². The first-order chi connectivity index (χ1) is 8.57. The highest BCUT2D eigenvalue weighted by atomic mass is 127. The number of hydrogen-bond donors (Lipinski definition) is 1. The number of likely N-dealkylation sites (tertiary alicyclic amines) is 1. The number of rotatable bonds is 2. The van der Waals surface area contributed by atoms with Crippen molar-refractivity contribution in [1.29, 1.82) is 5.26 Å². The maximum absolute atomic E-state index is 10.1. The molecule has 0 aliphatic carbocycles. The summed E-state index contributed by atoms with van der Waals surface area (Å²) in [6.45, 7) is 3.26. The van der Waals surface area contributed by atoms with Crippen molar-refractivity contribution < 1.29 is 5.11 Å². The van der Waals surface area contributed by atoms with Gasteiger partial charge in [-0.05, 0) is 18.9 Å². The van der Waals surface area contributed by atoms with Crippen LogP contribution >= 0.6 is 22.6 Å². The molecule has 1 saturated heterocycles. The molecule has 1 aliphatic heterocycles. The van der Waals surface area contributed by atoms with Gasteiger partial charge in [-0.15, -0.1) is 0 Å². The summed E-state index contributed by atoms with van der Waals surface area (Å²) in [4.78, 5) is 2.24. The molecule has 3 nitrogen and oxygen atoms in total. The highest BCUT2D eigenvalue weighted by molar-refractivity contribution is 14.1. The number of β-amino-alcohol motifs (C(OH)–C–C–N with tert-alkyl or cyclic N) is 1. The summed E-state index contributed by atoms with van der Waals surface area (Å²) in [5.41, 5.74) is 0.648. The van der Waals surface area contributed by atoms with Gasteiger partial charge >= 0.3 is 0 Å². The fourth-order valence-corrected chi connectivity index (χ4v) is 3.14. The Hall–Kier alpha value is -0.640. The fourth-order valence-electron chi connectivity index (χ4n) is 2.22. The maximum atomic E-state index is 10.1. The van der Waals surface area contributed by atoms with E-state index in [4.69, 9.17) is 5.26 Å². The Morgan fingerprint density at radius 1 is 1.50 bits per heavy atom. The average Bonchev–Trinajstić information content (AvgIpc) is 2.42. The first-order valence-electron chi connectivity index (χ1n) is 6.09. The minimum atomic E-state index is -0.594. The topological polar surface area (TPSA) is 47.3 Å². The van der Waals surface area contributed by atoms with Crippen molar-refractivity contribution in [2.75, 3.05) is 13.1 Å². The van der Waals surface area contributed by atoms with Crippen LogP contribution in [-0.2, 0) is 0 Å². The van der Waals surface area contributed by atoms with Gasteiger partial charge in [-0.1, -0.05) is 52.9 Å². The smallest absolute Gasteiger partial charge is 0.0875 e. The van der Waals surface area contributed by atoms with E-state index in [2.05, 4.69) is 45.7 Å². The molecule has 1 aromatic carbocycles. The van der Waals surface area contributed by atoms with Crippen LogP contribution in [-0.4, -0.2) is 29.2 Å². The maximum Gasteiger partial charge on any atom is 0.0875 e. The molecule has 4 heteroatoms. The zero-order valence-corrected chi connectivity index (χ0v) is 12.5. The van der Waals surface area contributed by atoms with Gasteiger partial charge in [-0.2, -0.15) is 5.26 Å². The van der Waals surface area contributed by atoms with Crippen LogP contribution in [0.4, 0.5) is 0 Å². The Morgan fingerprint density at radius 2 is 2.17 bits per heavy atom. The zero-order valence-electron chi connectivity index (χ0n) is 10.4. The molecule has 18 heavy (non-hydrogen) atoms. The lowest BCUT2D eigenvalue weighted by atomic mass is 9.79. The van der Waals surface area contributed by atoms with Gasteiger partial charge in [0.15, 0.2) is 0 Å². The molecule has 1 aliphatic rings. The first-order valence-corrected chi connectivity index (χ1v) is 7.34. The lowest BCUT2D eigenvalue weighted by Crippen LogP contribution is -2.49. The molecule has 1 fully saturated rings. The molecule has 0 radical (unpaired) electrons. The summed E-state index contributed by atoms with van der Waals surface area (Å²) in [6.07, 6.45) is 0.147. The number of halogens is 1. The van der Waals surface area contributed by atoms with Crippen LogP contribution in [0.2, 0.25) is 0 Å². The molecule has 1 aromatic rings. The predicted octanol–water partition coefficient (Wildman–Crippen LogP) is 2.72. The molecule has 1 N–H and O–H groups in total. The predicted molar refractivity (Wildman–Crippen MR) is 79.1 cm³/mol. The van der Waals surface area contributed by atoms with Gasteiger partial charge in [-0.25, -0.2) is 0 Å². The second-order valence-corrected chi connectivity index (χ2v) is 6.22. The Labute approximate surface area is 122 Å². The molecule has 3 atom stereocenters. The van der Waals surface area contributed by atoms with Crippen molar-refractivity contribution in [2.24, 2.45) is 5.41 Å². The van der Waals surface area contributed by atoms with Gasteiger partial charge in [0.1, 0.15) is 0 Å². The molecule has 0 bridgehead atoms. The zero-order chi connectivity index (χ0) is 13.2. The Kier molecular flexibility index (Phi) is 4.25. The highest BCUT2D eigenvalue weighted by Crippen LogP contribution is 2.36. The van der Waals surface area contributed by atoms with Gasteiger partial charge in [0.05, 0.1) is 21.6 Å². The second kappa shape index (κ2) is 5.55. The molecular weight excluding hydrogens is 339 g/mol. The fraction of sp³-hybridized carbons (Fsp3) is 0.500. The summed E-state index contributed by atoms with van der Waals surface area (Å²) in [5, 5.41) is 19.3. The van der Waals surface area contributed by atoms with E-state index in [0.717, 1.165) is 13.0 Å². The Bertz CT molecular complexity index is 445. The van der Waals surface area contributed by atoms with E-state index < -0.39 is 11.5 Å². The third kappa shape index (κ3) is 2.68. The molecule has 96 valence electrons. The lowest BCUT2D eigenvalue weighted by Gasteiger charge is -2.41. The van der Waals surface area contributed by atoms with Crippen LogP contribution in [0.15, 0.2) is 30.3 Å². The van der Waals surface area contributed by atoms with Crippen LogP contribution in [0.3, 0.4) is 0 Å². The van der Waals surface area contributed by atoms with Gasteiger partial charge < -0.3 is 5.11 Å². The van der Waals surface area contributed by atoms with Crippen molar-refractivity contribution in [3.05, 3.63) is 35.9 Å². The minimum Gasteiger partial charge on any atom is -0.390 e. The molecule has 0 aromatic heterocycles. The van der Waals surface area contributed by atoms with Crippen molar-refractivity contribution in [1.82, 2.24) is 4.90 Å². The number of alkyl halides is 1. The van der Waals surface area contributed by atoms with Crippen molar-refractivity contribution in [3.8, 4) is 6.07 Å². The summed E-state index contributed by atoms with van der Waals surface area (Å²) in [7, 11) is 0. The first kappa shape index (κ1) is 13.8. The van der Waals surface area contributed by atoms with E-state index in [-0.39, 0.29) is 4.05 Å². The molecule has 2 rings (SSSR count). The molecular formula is C14H17IN2O. The summed E-state index contributed by atoms with van der Waals surface area (Å²) in [5.74, 6) is 0. The Balaban J connectivity index is 2.08. The van der Waals surface area contributed by atoms with Gasteiger partial charge in [-0.3, -0.25) is 4.90 Å². The summed E-state index contributed by atoms with van der Waals surface area (Å²) >= 11 is 2.39. The van der Waals surface area contributed by atoms with E-state index in [9.17, 15) is 5.11 Å². The van der Waals surface area contributed by atoms with Crippen molar-refractivity contribution in [2.45, 2.75) is 23.5 Å². The number of benzene rings is 1. The van der Waals surface area contributed by atoms with Crippen LogP contribution < -0.4 is 0 Å². The van der Waals surface area contributed by atoms with Crippen LogP contribution in [0.5, 0.6) is 0 Å². The molecule has 0 spiro atoms. The standard InChI is InChI=1S/C14H17IN2O/c1-14(10-16)7-8-17(9-12(14)18)13(15)11-5-3-2-4-6-11/h2-6,12-13,18H,7-9H2,1H3. The van der Waals surface area contributed by atoms with Crippen molar-refractivity contribution >= 4 is 22.6 Å². The van der Waals surface area contributed by atoms with Crippen LogP contribution in [0, 0.1) is 16.7 Å². The largest absolute Gasteiger partial charge is 0.390 e. The minimum absolute atomic E-state index is 0.252. The Morgan fingerprint density at radius 3 is 2.72 bits per heavy atom. The number of piperidine rings is 1.